The lowest BCUT2D eigenvalue weighted by Crippen LogP contribution is -2.29. The highest BCUT2D eigenvalue weighted by Gasteiger charge is 2.14. The van der Waals surface area contributed by atoms with Crippen LogP contribution in [0.3, 0.4) is 0 Å². The van der Waals surface area contributed by atoms with Gasteiger partial charge in [0.2, 0.25) is 5.91 Å². The highest BCUT2D eigenvalue weighted by atomic mass is 19.1. The number of hydrogen-bond acceptors (Lipinski definition) is 5. The molecule has 0 aliphatic carbocycles. The summed E-state index contributed by atoms with van der Waals surface area (Å²) in [5, 5.41) is 6.58. The number of hydrogen-bond donors (Lipinski definition) is 1. The Bertz CT molecular complexity index is 1140. The second-order valence-corrected chi connectivity index (χ2v) is 6.63. The molecule has 0 saturated carbocycles. The van der Waals surface area contributed by atoms with Crippen molar-refractivity contribution < 1.29 is 23.0 Å². The summed E-state index contributed by atoms with van der Waals surface area (Å²) in [5.41, 5.74) is 0.591. The summed E-state index contributed by atoms with van der Waals surface area (Å²) in [5.74, 6) is -1.08. The third-order valence-electron chi connectivity index (χ3n) is 4.35. The van der Waals surface area contributed by atoms with Crippen LogP contribution in [0.25, 0.3) is 11.3 Å². The number of aromatic nitrogens is 2. The maximum Gasteiger partial charge on any atom is 0.267 e. The zero-order valence-corrected chi connectivity index (χ0v) is 15.7. The Morgan fingerprint density at radius 2 is 1.73 bits per heavy atom. The fraction of sp³-hybridized carbons (Fsp3) is 0.190. The summed E-state index contributed by atoms with van der Waals surface area (Å²) >= 11 is 0. The van der Waals surface area contributed by atoms with Crippen molar-refractivity contribution in [3.63, 3.8) is 0 Å². The van der Waals surface area contributed by atoms with Crippen LogP contribution >= 0.6 is 0 Å². The van der Waals surface area contributed by atoms with Gasteiger partial charge in [0.15, 0.2) is 11.5 Å². The number of ether oxygens (including phenoxy) is 2. The van der Waals surface area contributed by atoms with E-state index in [1.807, 2.05) is 0 Å². The van der Waals surface area contributed by atoms with Gasteiger partial charge in [0, 0.05) is 29.8 Å². The molecule has 0 saturated heterocycles. The monoisotopic (exact) mass is 413 g/mol. The first kappa shape index (κ1) is 19.6. The van der Waals surface area contributed by atoms with Gasteiger partial charge in [-0.3, -0.25) is 9.59 Å². The van der Waals surface area contributed by atoms with Crippen molar-refractivity contribution in [1.82, 2.24) is 9.78 Å². The molecule has 0 spiro atoms. The first-order chi connectivity index (χ1) is 14.5. The summed E-state index contributed by atoms with van der Waals surface area (Å²) in [6.07, 6.45) is 0.775. The molecule has 2 heterocycles. The second-order valence-electron chi connectivity index (χ2n) is 6.63. The smallest absolute Gasteiger partial charge is 0.267 e. The normalized spacial score (nSPS) is 12.9. The topological polar surface area (TPSA) is 82.5 Å². The molecule has 0 bridgehead atoms. The molecule has 3 aromatic rings. The summed E-state index contributed by atoms with van der Waals surface area (Å²) in [6.45, 7) is 0.680. The summed E-state index contributed by atoms with van der Waals surface area (Å²) in [7, 11) is 0. The molecule has 0 unspecified atom stereocenters. The van der Waals surface area contributed by atoms with Gasteiger partial charge < -0.3 is 14.8 Å². The van der Waals surface area contributed by atoms with Crippen LogP contribution < -0.4 is 20.3 Å². The van der Waals surface area contributed by atoms with E-state index in [-0.39, 0.29) is 5.69 Å². The van der Waals surface area contributed by atoms with E-state index >= 15 is 0 Å². The van der Waals surface area contributed by atoms with E-state index in [1.165, 1.54) is 12.1 Å². The summed E-state index contributed by atoms with van der Waals surface area (Å²) < 4.78 is 38.8. The van der Waals surface area contributed by atoms with E-state index in [0.29, 0.717) is 42.0 Å². The number of carbonyl (C=O) groups is 1. The number of nitrogens with one attached hydrogen (secondary N) is 1. The number of anilines is 1. The molecule has 1 amide bonds. The quantitative estimate of drug-likeness (QED) is 0.711. The molecule has 1 aliphatic heterocycles. The van der Waals surface area contributed by atoms with Crippen LogP contribution in [0.5, 0.6) is 11.5 Å². The van der Waals surface area contributed by atoms with Crippen LogP contribution in [0.15, 0.2) is 53.3 Å². The van der Waals surface area contributed by atoms with Crippen molar-refractivity contribution in [2.45, 2.75) is 13.0 Å². The van der Waals surface area contributed by atoms with Crippen LogP contribution in [0, 0.1) is 11.6 Å². The first-order valence-electron chi connectivity index (χ1n) is 9.22. The van der Waals surface area contributed by atoms with Crippen molar-refractivity contribution in [1.29, 1.82) is 0 Å². The molecule has 0 radical (unpaired) electrons. The van der Waals surface area contributed by atoms with E-state index in [0.717, 1.165) is 23.2 Å². The Kier molecular flexibility index (Phi) is 5.42. The van der Waals surface area contributed by atoms with Crippen molar-refractivity contribution >= 4 is 11.6 Å². The Labute approximate surface area is 169 Å². The van der Waals surface area contributed by atoms with E-state index in [1.54, 1.807) is 18.2 Å². The molecule has 0 fully saturated rings. The average molecular weight is 413 g/mol. The van der Waals surface area contributed by atoms with Gasteiger partial charge in [-0.25, -0.2) is 13.5 Å². The van der Waals surface area contributed by atoms with Crippen molar-refractivity contribution in [2.24, 2.45) is 0 Å². The molecular formula is C21H17F2N3O4. The van der Waals surface area contributed by atoms with Gasteiger partial charge in [-0.2, -0.15) is 5.10 Å². The lowest BCUT2D eigenvalue weighted by Gasteiger charge is -2.11. The molecule has 2 aromatic carbocycles. The number of rotatable bonds is 4. The zero-order valence-electron chi connectivity index (χ0n) is 15.7. The van der Waals surface area contributed by atoms with E-state index < -0.39 is 29.6 Å². The van der Waals surface area contributed by atoms with Crippen molar-refractivity contribution in [2.75, 3.05) is 18.5 Å². The highest BCUT2D eigenvalue weighted by molar-refractivity contribution is 5.90. The third kappa shape index (κ3) is 4.45. The van der Waals surface area contributed by atoms with E-state index in [2.05, 4.69) is 10.4 Å². The largest absolute Gasteiger partial charge is 0.490 e. The SMILES string of the molecule is O=C(Cn1nc(-c2ccc3c(c2)OCCCO3)ccc1=O)Nc1cc(F)cc(F)c1. The number of halogens is 2. The summed E-state index contributed by atoms with van der Waals surface area (Å²) in [6, 6.07) is 10.8. The number of benzene rings is 2. The van der Waals surface area contributed by atoms with E-state index in [9.17, 15) is 18.4 Å². The van der Waals surface area contributed by atoms with Crippen LogP contribution in [0.2, 0.25) is 0 Å². The fourth-order valence-electron chi connectivity index (χ4n) is 3.00. The average Bonchev–Trinajstić information content (AvgIpc) is 2.93. The Hall–Kier alpha value is -3.75. The molecule has 0 atom stereocenters. The minimum atomic E-state index is -0.822. The fourth-order valence-corrected chi connectivity index (χ4v) is 3.00. The molecule has 1 aliphatic rings. The Morgan fingerprint density at radius 3 is 2.50 bits per heavy atom. The zero-order chi connectivity index (χ0) is 21.1. The third-order valence-corrected chi connectivity index (χ3v) is 4.35. The lowest BCUT2D eigenvalue weighted by molar-refractivity contribution is -0.117. The maximum atomic E-state index is 13.3. The molecule has 1 aromatic heterocycles. The van der Waals surface area contributed by atoms with Crippen molar-refractivity contribution in [3.8, 4) is 22.8 Å². The predicted octanol–water partition coefficient (Wildman–Crippen LogP) is 2.99. The second kappa shape index (κ2) is 8.32. The van der Waals surface area contributed by atoms with Crippen LogP contribution in [0.4, 0.5) is 14.5 Å². The van der Waals surface area contributed by atoms with Gasteiger partial charge in [0.1, 0.15) is 18.2 Å². The molecule has 154 valence electrons. The number of fused-ring (bicyclic) bond motifs is 1. The Balaban J connectivity index is 1.55. The van der Waals surface area contributed by atoms with Gasteiger partial charge >= 0.3 is 0 Å². The van der Waals surface area contributed by atoms with Gasteiger partial charge in [-0.15, -0.1) is 0 Å². The Morgan fingerprint density at radius 1 is 1.00 bits per heavy atom. The maximum absolute atomic E-state index is 13.3. The van der Waals surface area contributed by atoms with Crippen LogP contribution in [-0.2, 0) is 11.3 Å². The number of amides is 1. The molecule has 30 heavy (non-hydrogen) atoms. The number of nitrogens with zero attached hydrogens (tertiary/aromatic N) is 2. The highest BCUT2D eigenvalue weighted by Crippen LogP contribution is 2.33. The van der Waals surface area contributed by atoms with Gasteiger partial charge in [-0.05, 0) is 36.4 Å². The lowest BCUT2D eigenvalue weighted by atomic mass is 10.1. The van der Waals surface area contributed by atoms with Crippen LogP contribution in [-0.4, -0.2) is 28.9 Å². The molecular weight excluding hydrogens is 396 g/mol. The molecule has 9 heteroatoms. The van der Waals surface area contributed by atoms with Crippen molar-refractivity contribution in [3.05, 3.63) is 70.5 Å². The molecule has 4 rings (SSSR count). The standard InChI is InChI=1S/C21H17F2N3O4/c22-14-9-15(23)11-16(10-14)24-20(27)12-26-21(28)5-3-17(25-26)13-2-4-18-19(8-13)30-7-1-6-29-18/h2-5,8-11H,1,6-7,12H2,(H,24,27). The first-order valence-corrected chi connectivity index (χ1v) is 9.22. The molecule has 1 N–H and O–H groups in total. The molecule has 7 nitrogen and oxygen atoms in total. The van der Waals surface area contributed by atoms with Gasteiger partial charge in [0.25, 0.3) is 5.56 Å². The minimum Gasteiger partial charge on any atom is -0.490 e. The van der Waals surface area contributed by atoms with Crippen LogP contribution in [0.1, 0.15) is 6.42 Å². The van der Waals surface area contributed by atoms with Gasteiger partial charge in [0.05, 0.1) is 18.9 Å². The van der Waals surface area contributed by atoms with Gasteiger partial charge in [-0.1, -0.05) is 0 Å². The van der Waals surface area contributed by atoms with E-state index in [4.69, 9.17) is 9.47 Å². The summed E-state index contributed by atoms with van der Waals surface area (Å²) in [4.78, 5) is 24.4. The predicted molar refractivity (Wildman–Crippen MR) is 105 cm³/mol. The number of carbonyl (C=O) groups excluding carboxylic acids is 1. The minimum absolute atomic E-state index is 0.0513.